The maximum absolute atomic E-state index is 12.8. The number of aliphatic carboxylic acids is 1. The SMILES string of the molecule is NC1=N[C@H](/C(=C\C(=O)O)[C@H](Nc2ccc[nH]2)[C@H]2CC[C@@H]3c4cc5ccc(CC=O)cc5cc4[C@@H]4[C@H]2[C@H]3C=C[C@H]4CC[C@H](N)CC[C@H](C=O)CCCO)C[C@H]([C@H](O)[C@H](O)CO)N1. The van der Waals surface area contributed by atoms with Gasteiger partial charge in [0, 0.05) is 37.3 Å². The molecule has 3 aromatic rings. The van der Waals surface area contributed by atoms with Gasteiger partial charge in [0.1, 0.15) is 30.6 Å². The summed E-state index contributed by atoms with van der Waals surface area (Å²) >= 11 is 0. The van der Waals surface area contributed by atoms with Gasteiger partial charge in [-0.25, -0.2) is 9.79 Å². The van der Waals surface area contributed by atoms with Crippen LogP contribution in [0.5, 0.6) is 0 Å². The van der Waals surface area contributed by atoms with Gasteiger partial charge in [-0.3, -0.25) is 0 Å². The van der Waals surface area contributed by atoms with Crippen molar-refractivity contribution < 1.29 is 39.9 Å². The minimum Gasteiger partial charge on any atom is -0.478 e. The summed E-state index contributed by atoms with van der Waals surface area (Å²) in [6.45, 7) is -0.611. The van der Waals surface area contributed by atoms with E-state index in [0.29, 0.717) is 43.5 Å². The third-order valence-corrected chi connectivity index (χ3v) is 14.0. The number of aliphatic hydroxyl groups is 4. The highest BCUT2D eigenvalue weighted by molar-refractivity contribution is 5.86. The van der Waals surface area contributed by atoms with Crippen LogP contribution >= 0.6 is 0 Å². The van der Waals surface area contributed by atoms with Crippen LogP contribution in [-0.4, -0.2) is 105 Å². The number of aliphatic hydroxyl groups excluding tert-OH is 4. The van der Waals surface area contributed by atoms with Gasteiger partial charge in [0.2, 0.25) is 0 Å². The second-order valence-electron chi connectivity index (χ2n) is 17.7. The number of anilines is 1. The third-order valence-electron chi connectivity index (χ3n) is 14.0. The minimum atomic E-state index is -1.44. The summed E-state index contributed by atoms with van der Waals surface area (Å²) in [6, 6.07) is 12.4. The van der Waals surface area contributed by atoms with Crippen molar-refractivity contribution in [1.29, 1.82) is 0 Å². The number of carbonyl (C=O) groups is 3. The number of aliphatic imine (C=N–C) groups is 1. The number of aldehydes is 2. The lowest BCUT2D eigenvalue weighted by Gasteiger charge is -2.57. The molecule has 4 aliphatic rings. The zero-order chi connectivity index (χ0) is 43.2. The predicted octanol–water partition coefficient (Wildman–Crippen LogP) is 3.64. The number of carboxylic acid groups (broad SMARTS) is 1. The summed E-state index contributed by atoms with van der Waals surface area (Å²) in [5, 5.41) is 59.7. The molecule has 12 N–H and O–H groups in total. The number of nitrogens with two attached hydrogens (primary N) is 2. The number of nitrogens with zero attached hydrogens (tertiary/aromatic N) is 1. The van der Waals surface area contributed by atoms with E-state index < -0.39 is 42.9 Å². The van der Waals surface area contributed by atoms with Gasteiger partial charge in [0.05, 0.1) is 24.7 Å². The Kier molecular flexibility index (Phi) is 14.4. The van der Waals surface area contributed by atoms with Crippen molar-refractivity contribution in [2.45, 2.75) is 112 Å². The first-order valence-corrected chi connectivity index (χ1v) is 21.9. The fourth-order valence-electron chi connectivity index (χ4n) is 11.2. The highest BCUT2D eigenvalue weighted by Gasteiger charge is 2.54. The van der Waals surface area contributed by atoms with E-state index in [9.17, 15) is 39.9 Å². The average Bonchev–Trinajstić information content (AvgIpc) is 3.78. The third kappa shape index (κ3) is 9.79. The summed E-state index contributed by atoms with van der Waals surface area (Å²) in [5.74, 6) is -0.0643. The van der Waals surface area contributed by atoms with Crippen molar-refractivity contribution in [2.24, 2.45) is 46.0 Å². The fourth-order valence-corrected chi connectivity index (χ4v) is 11.2. The number of hydrogen-bond donors (Lipinski definition) is 10. The van der Waals surface area contributed by atoms with Gasteiger partial charge in [-0.05, 0) is 138 Å². The van der Waals surface area contributed by atoms with Crippen molar-refractivity contribution in [3.8, 4) is 0 Å². The molecule has 7 rings (SSSR count). The number of hydrogen-bond acceptors (Lipinski definition) is 12. The summed E-state index contributed by atoms with van der Waals surface area (Å²) in [4.78, 5) is 44.1. The van der Waals surface area contributed by atoms with Gasteiger partial charge < -0.3 is 62.2 Å². The van der Waals surface area contributed by atoms with E-state index in [1.165, 1.54) is 17.2 Å². The van der Waals surface area contributed by atoms with E-state index in [2.05, 4.69) is 52.0 Å². The Bertz CT molecular complexity index is 2090. The highest BCUT2D eigenvalue weighted by Crippen LogP contribution is 2.62. The average molecular weight is 839 g/mol. The molecule has 61 heavy (non-hydrogen) atoms. The van der Waals surface area contributed by atoms with Gasteiger partial charge in [-0.15, -0.1) is 0 Å². The molecule has 0 radical (unpaired) electrons. The number of nitrogens with one attached hydrogen (secondary N) is 3. The maximum Gasteiger partial charge on any atom is 0.328 e. The molecule has 1 aliphatic heterocycles. The Balaban J connectivity index is 1.29. The van der Waals surface area contributed by atoms with Crippen LogP contribution in [0.15, 0.2) is 77.5 Å². The van der Waals surface area contributed by atoms with E-state index >= 15 is 0 Å². The van der Waals surface area contributed by atoms with Gasteiger partial charge >= 0.3 is 5.97 Å². The van der Waals surface area contributed by atoms with Crippen LogP contribution < -0.4 is 22.1 Å². The number of aromatic nitrogens is 1. The molecule has 0 unspecified atom stereocenters. The number of H-pyrrole nitrogens is 1. The molecule has 14 nitrogen and oxygen atoms in total. The molecule has 0 spiro atoms. The zero-order valence-corrected chi connectivity index (χ0v) is 34.6. The molecule has 0 amide bonds. The summed E-state index contributed by atoms with van der Waals surface area (Å²) in [7, 11) is 0. The number of fused-ring (bicyclic) bond motifs is 4. The van der Waals surface area contributed by atoms with Crippen LogP contribution in [0.1, 0.15) is 86.3 Å². The lowest BCUT2D eigenvalue weighted by atomic mass is 9.48. The monoisotopic (exact) mass is 838 g/mol. The number of guanidine groups is 1. The largest absolute Gasteiger partial charge is 0.478 e. The molecule has 4 bridgehead atoms. The van der Waals surface area contributed by atoms with E-state index in [1.807, 2.05) is 24.4 Å². The Morgan fingerprint density at radius 2 is 1.82 bits per heavy atom. The number of rotatable bonds is 21. The lowest BCUT2D eigenvalue weighted by Crippen LogP contribution is -2.57. The molecule has 1 saturated carbocycles. The number of carbonyl (C=O) groups excluding carboxylic acids is 2. The molecular formula is C47H62N6O8. The molecule has 1 fully saturated rings. The van der Waals surface area contributed by atoms with Crippen molar-refractivity contribution in [1.82, 2.24) is 10.3 Å². The van der Waals surface area contributed by atoms with Crippen molar-refractivity contribution >= 4 is 41.1 Å². The van der Waals surface area contributed by atoms with Gasteiger partial charge in [0.25, 0.3) is 0 Å². The Labute approximate surface area is 356 Å². The Hall–Kier alpha value is -4.86. The summed E-state index contributed by atoms with van der Waals surface area (Å²) in [6.07, 6.45) is 13.1. The Morgan fingerprint density at radius 1 is 1.00 bits per heavy atom. The smallest absolute Gasteiger partial charge is 0.328 e. The fraction of sp³-hybridized carbons (Fsp3) is 0.532. The van der Waals surface area contributed by atoms with Crippen LogP contribution in [0.25, 0.3) is 10.8 Å². The van der Waals surface area contributed by atoms with E-state index in [0.717, 1.165) is 54.6 Å². The first-order valence-electron chi connectivity index (χ1n) is 21.9. The molecule has 2 aromatic carbocycles. The topological polar surface area (TPSA) is 257 Å². The first kappa shape index (κ1) is 44.2. The molecule has 14 heteroatoms. The normalized spacial score (nSPS) is 28.1. The van der Waals surface area contributed by atoms with E-state index in [4.69, 9.17) is 16.5 Å². The standard InChI is InChI=1S/C47H62N6O8/c48-31(10-6-27(24-56)3-2-17-54)11-8-28-9-12-33-32-13-14-34(44(33)43(28)36-21-30-19-26(15-18-55)5-7-29(30)20-35(32)36)45(53-41-4-1-16-50-41)37(22-42(59)60)38-23-39(52-47(49)51-38)46(61)40(58)25-57/h1,4-5,7,9,12,16,18-22,24,27-28,31-34,38-40,43-46,50,53-54,57-58,61H,2-3,6,8,10-11,13-15,17,23,25,48H2,(H,59,60)(H3,49,51,52)/b37-22+/t27-,28-,31-,32+,33+,34+,38+,39-,40-,43-,44+,45-,46+/m1/s1. The minimum absolute atomic E-state index is 0.000506. The van der Waals surface area contributed by atoms with Gasteiger partial charge in [-0.1, -0.05) is 42.5 Å². The highest BCUT2D eigenvalue weighted by atomic mass is 16.4. The summed E-state index contributed by atoms with van der Waals surface area (Å²) < 4.78 is 0. The molecule has 2 heterocycles. The van der Waals surface area contributed by atoms with Gasteiger partial charge in [0.15, 0.2) is 5.96 Å². The molecular weight excluding hydrogens is 777 g/mol. The molecule has 1 aromatic heterocycles. The summed E-state index contributed by atoms with van der Waals surface area (Å²) in [5.41, 5.74) is 17.2. The molecule has 0 saturated heterocycles. The number of allylic oxidation sites excluding steroid dienone is 2. The Morgan fingerprint density at radius 3 is 2.54 bits per heavy atom. The first-order chi connectivity index (χ1) is 29.5. The number of carboxylic acids is 1. The van der Waals surface area contributed by atoms with E-state index in [1.54, 1.807) is 0 Å². The predicted molar refractivity (Wildman–Crippen MR) is 234 cm³/mol. The van der Waals surface area contributed by atoms with Crippen molar-refractivity contribution in [3.63, 3.8) is 0 Å². The van der Waals surface area contributed by atoms with Crippen LogP contribution in [0, 0.1) is 29.6 Å². The molecule has 3 aliphatic carbocycles. The number of benzene rings is 2. The van der Waals surface area contributed by atoms with Crippen LogP contribution in [0.3, 0.4) is 0 Å². The van der Waals surface area contributed by atoms with Crippen molar-refractivity contribution in [2.75, 3.05) is 18.5 Å². The lowest BCUT2D eigenvalue weighted by molar-refractivity contribution is -0.131. The van der Waals surface area contributed by atoms with Crippen LogP contribution in [-0.2, 0) is 20.8 Å². The van der Waals surface area contributed by atoms with E-state index in [-0.39, 0.29) is 66.5 Å². The second-order valence-corrected chi connectivity index (χ2v) is 17.7. The number of aromatic amines is 1. The maximum atomic E-state index is 12.8. The van der Waals surface area contributed by atoms with Gasteiger partial charge in [-0.2, -0.15) is 0 Å². The van der Waals surface area contributed by atoms with Crippen molar-refractivity contribution in [3.05, 3.63) is 89.2 Å². The molecule has 328 valence electrons. The molecule has 13 atom stereocenters. The van der Waals surface area contributed by atoms with Crippen LogP contribution in [0.2, 0.25) is 0 Å². The quantitative estimate of drug-likeness (QED) is 0.0419. The zero-order valence-electron chi connectivity index (χ0n) is 34.6. The van der Waals surface area contributed by atoms with Crippen LogP contribution in [0.4, 0.5) is 5.82 Å². The second kappa shape index (κ2) is 19.9.